The number of ether oxygens (including phenoxy) is 2. The third kappa shape index (κ3) is 4.58. The molecule has 6 nitrogen and oxygen atoms in total. The fraction of sp³-hybridized carbons (Fsp3) is 0.333. The largest absolute Gasteiger partial charge is 0.497 e. The Balaban J connectivity index is 1.64. The van der Waals surface area contributed by atoms with Crippen molar-refractivity contribution in [3.8, 4) is 16.9 Å². The van der Waals surface area contributed by atoms with Crippen molar-refractivity contribution < 1.29 is 19.1 Å². The van der Waals surface area contributed by atoms with Crippen molar-refractivity contribution in [2.75, 3.05) is 32.6 Å². The average molecular weight is 368 g/mol. The van der Waals surface area contributed by atoms with Crippen molar-refractivity contribution in [2.24, 2.45) is 5.92 Å². The van der Waals surface area contributed by atoms with Crippen LogP contribution in [0.25, 0.3) is 11.1 Å². The van der Waals surface area contributed by atoms with Gasteiger partial charge in [0.05, 0.1) is 20.1 Å². The summed E-state index contributed by atoms with van der Waals surface area (Å²) in [6.07, 6.45) is 1.18. The molecule has 1 aliphatic heterocycles. The van der Waals surface area contributed by atoms with Crippen LogP contribution in [0.4, 0.5) is 10.5 Å². The van der Waals surface area contributed by atoms with Crippen LogP contribution in [0.5, 0.6) is 5.75 Å². The van der Waals surface area contributed by atoms with Gasteiger partial charge in [-0.25, -0.2) is 4.79 Å². The van der Waals surface area contributed by atoms with Crippen LogP contribution in [-0.4, -0.2) is 44.2 Å². The van der Waals surface area contributed by atoms with Gasteiger partial charge in [-0.05, 0) is 48.2 Å². The molecule has 1 heterocycles. The SMILES string of the molecule is COC(=O)N1CCC[C@H](C(=O)Nc2ccc(-c3cccc(OC)c3)cc2)C1. The summed E-state index contributed by atoms with van der Waals surface area (Å²) in [7, 11) is 3.00. The molecule has 6 heteroatoms. The molecule has 0 aromatic heterocycles. The van der Waals surface area contributed by atoms with Crippen molar-refractivity contribution in [2.45, 2.75) is 12.8 Å². The van der Waals surface area contributed by atoms with E-state index in [-0.39, 0.29) is 17.9 Å². The molecule has 0 aliphatic carbocycles. The number of methoxy groups -OCH3 is 2. The molecule has 1 aliphatic rings. The Labute approximate surface area is 159 Å². The second-order valence-corrected chi connectivity index (χ2v) is 6.55. The summed E-state index contributed by atoms with van der Waals surface area (Å²) in [5.41, 5.74) is 2.83. The quantitative estimate of drug-likeness (QED) is 0.892. The lowest BCUT2D eigenvalue weighted by Gasteiger charge is -2.30. The predicted molar refractivity (Wildman–Crippen MR) is 104 cm³/mol. The van der Waals surface area contributed by atoms with E-state index >= 15 is 0 Å². The zero-order valence-electron chi connectivity index (χ0n) is 15.6. The Morgan fingerprint density at radius 1 is 1.07 bits per heavy atom. The molecular weight excluding hydrogens is 344 g/mol. The Morgan fingerprint density at radius 2 is 1.85 bits per heavy atom. The number of carbonyl (C=O) groups is 2. The van der Waals surface area contributed by atoms with Crippen LogP contribution in [0.3, 0.4) is 0 Å². The summed E-state index contributed by atoms with van der Waals surface area (Å²) in [6, 6.07) is 15.5. The number of nitrogens with zero attached hydrogens (tertiary/aromatic N) is 1. The molecule has 142 valence electrons. The summed E-state index contributed by atoms with van der Waals surface area (Å²) >= 11 is 0. The van der Waals surface area contributed by atoms with Gasteiger partial charge < -0.3 is 19.7 Å². The van der Waals surface area contributed by atoms with Gasteiger partial charge in [0, 0.05) is 18.8 Å². The lowest BCUT2D eigenvalue weighted by atomic mass is 9.97. The third-order valence-corrected chi connectivity index (χ3v) is 4.78. The summed E-state index contributed by atoms with van der Waals surface area (Å²) in [5.74, 6) is 0.506. The molecule has 1 N–H and O–H groups in total. The van der Waals surface area contributed by atoms with Gasteiger partial charge in [0.15, 0.2) is 0 Å². The Bertz CT molecular complexity index is 804. The molecule has 2 amide bonds. The number of carbonyl (C=O) groups excluding carboxylic acids is 2. The van der Waals surface area contributed by atoms with Gasteiger partial charge in [-0.3, -0.25) is 4.79 Å². The van der Waals surface area contributed by atoms with E-state index in [2.05, 4.69) is 5.32 Å². The standard InChI is InChI=1S/C21H24N2O4/c1-26-19-7-3-5-16(13-19)15-8-10-18(11-9-15)22-20(24)17-6-4-12-23(14-17)21(25)27-2/h3,5,7-11,13,17H,4,6,12,14H2,1-2H3,(H,22,24)/t17-/m0/s1. The van der Waals surface area contributed by atoms with Gasteiger partial charge in [0.1, 0.15) is 5.75 Å². The average Bonchev–Trinajstić information content (AvgIpc) is 2.73. The zero-order valence-corrected chi connectivity index (χ0v) is 15.6. The second kappa shape index (κ2) is 8.58. The van der Waals surface area contributed by atoms with Gasteiger partial charge in [-0.1, -0.05) is 24.3 Å². The molecule has 2 aromatic rings. The Kier molecular flexibility index (Phi) is 5.96. The number of piperidine rings is 1. The Hall–Kier alpha value is -3.02. The van der Waals surface area contributed by atoms with Crippen LogP contribution < -0.4 is 10.1 Å². The fourth-order valence-electron chi connectivity index (χ4n) is 3.28. The number of amides is 2. The number of benzene rings is 2. The minimum Gasteiger partial charge on any atom is -0.497 e. The summed E-state index contributed by atoms with van der Waals surface area (Å²) in [4.78, 5) is 25.8. The van der Waals surface area contributed by atoms with Crippen LogP contribution in [0.15, 0.2) is 48.5 Å². The first kappa shape index (κ1) is 18.8. The van der Waals surface area contributed by atoms with Crippen LogP contribution in [-0.2, 0) is 9.53 Å². The summed E-state index contributed by atoms with van der Waals surface area (Å²) in [6.45, 7) is 1.02. The molecule has 0 bridgehead atoms. The highest BCUT2D eigenvalue weighted by molar-refractivity contribution is 5.93. The van der Waals surface area contributed by atoms with E-state index < -0.39 is 0 Å². The normalized spacial score (nSPS) is 16.5. The van der Waals surface area contributed by atoms with Crippen LogP contribution >= 0.6 is 0 Å². The fourth-order valence-corrected chi connectivity index (χ4v) is 3.28. The van der Waals surface area contributed by atoms with Gasteiger partial charge in [0.25, 0.3) is 0 Å². The predicted octanol–water partition coefficient (Wildman–Crippen LogP) is 3.78. The van der Waals surface area contributed by atoms with Gasteiger partial charge in [-0.15, -0.1) is 0 Å². The van der Waals surface area contributed by atoms with Crippen molar-refractivity contribution in [3.63, 3.8) is 0 Å². The third-order valence-electron chi connectivity index (χ3n) is 4.78. The van der Waals surface area contributed by atoms with E-state index in [1.54, 1.807) is 12.0 Å². The molecule has 0 spiro atoms. The van der Waals surface area contributed by atoms with Crippen molar-refractivity contribution in [3.05, 3.63) is 48.5 Å². The molecule has 1 saturated heterocycles. The minimum atomic E-state index is -0.379. The summed E-state index contributed by atoms with van der Waals surface area (Å²) < 4.78 is 10.0. The molecule has 27 heavy (non-hydrogen) atoms. The van der Waals surface area contributed by atoms with E-state index in [1.807, 2.05) is 48.5 Å². The van der Waals surface area contributed by atoms with E-state index in [0.29, 0.717) is 13.1 Å². The maximum Gasteiger partial charge on any atom is 0.409 e. The highest BCUT2D eigenvalue weighted by Crippen LogP contribution is 2.26. The molecule has 0 radical (unpaired) electrons. The lowest BCUT2D eigenvalue weighted by molar-refractivity contribution is -0.121. The summed E-state index contributed by atoms with van der Waals surface area (Å²) in [5, 5.41) is 2.95. The van der Waals surface area contributed by atoms with Gasteiger partial charge >= 0.3 is 6.09 Å². The van der Waals surface area contributed by atoms with Crippen molar-refractivity contribution in [1.82, 2.24) is 4.90 Å². The molecular formula is C21H24N2O4. The number of hydrogen-bond acceptors (Lipinski definition) is 4. The first-order valence-electron chi connectivity index (χ1n) is 8.99. The van der Waals surface area contributed by atoms with E-state index in [0.717, 1.165) is 35.4 Å². The molecule has 2 aromatic carbocycles. The highest BCUT2D eigenvalue weighted by Gasteiger charge is 2.28. The number of hydrogen-bond donors (Lipinski definition) is 1. The molecule has 3 rings (SSSR count). The smallest absolute Gasteiger partial charge is 0.409 e. The lowest BCUT2D eigenvalue weighted by Crippen LogP contribution is -2.43. The first-order valence-corrected chi connectivity index (χ1v) is 8.99. The number of anilines is 1. The maximum absolute atomic E-state index is 12.6. The molecule has 1 atom stereocenters. The molecule has 0 unspecified atom stereocenters. The monoisotopic (exact) mass is 368 g/mol. The zero-order chi connectivity index (χ0) is 19.2. The first-order chi connectivity index (χ1) is 13.1. The second-order valence-electron chi connectivity index (χ2n) is 6.55. The van der Waals surface area contributed by atoms with Crippen LogP contribution in [0.2, 0.25) is 0 Å². The number of nitrogens with one attached hydrogen (secondary N) is 1. The van der Waals surface area contributed by atoms with Crippen molar-refractivity contribution in [1.29, 1.82) is 0 Å². The molecule has 1 fully saturated rings. The Morgan fingerprint density at radius 3 is 2.56 bits per heavy atom. The van der Waals surface area contributed by atoms with E-state index in [1.165, 1.54) is 7.11 Å². The van der Waals surface area contributed by atoms with Crippen molar-refractivity contribution >= 4 is 17.7 Å². The molecule has 0 saturated carbocycles. The van der Waals surface area contributed by atoms with E-state index in [4.69, 9.17) is 9.47 Å². The van der Waals surface area contributed by atoms with Crippen LogP contribution in [0.1, 0.15) is 12.8 Å². The van der Waals surface area contributed by atoms with Gasteiger partial charge in [-0.2, -0.15) is 0 Å². The number of likely N-dealkylation sites (tertiary alicyclic amines) is 1. The number of rotatable bonds is 4. The minimum absolute atomic E-state index is 0.0715. The maximum atomic E-state index is 12.6. The highest BCUT2D eigenvalue weighted by atomic mass is 16.5. The van der Waals surface area contributed by atoms with E-state index in [9.17, 15) is 9.59 Å². The van der Waals surface area contributed by atoms with Crippen LogP contribution in [0, 0.1) is 5.92 Å². The topological polar surface area (TPSA) is 67.9 Å². The van der Waals surface area contributed by atoms with Gasteiger partial charge in [0.2, 0.25) is 5.91 Å².